The van der Waals surface area contributed by atoms with Crippen LogP contribution in [0.3, 0.4) is 0 Å². The van der Waals surface area contributed by atoms with Crippen molar-refractivity contribution >= 4 is 5.91 Å². The highest BCUT2D eigenvalue weighted by molar-refractivity contribution is 5.81. The lowest BCUT2D eigenvalue weighted by Crippen LogP contribution is -2.38. The lowest BCUT2D eigenvalue weighted by atomic mass is 9.91. The van der Waals surface area contributed by atoms with Gasteiger partial charge in [-0.3, -0.25) is 4.79 Å². The molecule has 0 radical (unpaired) electrons. The standard InChI is InChI=1S/C18H20FN3O/c19-16-2-1-3-17(10-16)22-12-15(11-20-22)13-6-8-21(9-7-13)18(23)14-4-5-14/h1-3,10-14H,4-9H2. The third-order valence-electron chi connectivity index (χ3n) is 4.88. The van der Waals surface area contributed by atoms with E-state index in [0.717, 1.165) is 44.5 Å². The number of benzene rings is 1. The summed E-state index contributed by atoms with van der Waals surface area (Å²) in [5, 5.41) is 4.36. The zero-order chi connectivity index (χ0) is 15.8. The molecule has 23 heavy (non-hydrogen) atoms. The fourth-order valence-corrected chi connectivity index (χ4v) is 3.33. The fraction of sp³-hybridized carbons (Fsp3) is 0.444. The number of hydrogen-bond acceptors (Lipinski definition) is 2. The Morgan fingerprint density at radius 2 is 1.96 bits per heavy atom. The van der Waals surface area contributed by atoms with Gasteiger partial charge >= 0.3 is 0 Å². The predicted molar refractivity (Wildman–Crippen MR) is 84.8 cm³/mol. The minimum absolute atomic E-state index is 0.258. The summed E-state index contributed by atoms with van der Waals surface area (Å²) >= 11 is 0. The van der Waals surface area contributed by atoms with Gasteiger partial charge in [-0.15, -0.1) is 0 Å². The van der Waals surface area contributed by atoms with E-state index in [4.69, 9.17) is 0 Å². The van der Waals surface area contributed by atoms with Crippen molar-refractivity contribution < 1.29 is 9.18 Å². The van der Waals surface area contributed by atoms with Crippen LogP contribution in [-0.4, -0.2) is 33.7 Å². The molecule has 0 N–H and O–H groups in total. The van der Waals surface area contributed by atoms with Crippen LogP contribution in [0.4, 0.5) is 4.39 Å². The Morgan fingerprint density at radius 1 is 1.17 bits per heavy atom. The average Bonchev–Trinajstić information content (AvgIpc) is 3.31. The summed E-state index contributed by atoms with van der Waals surface area (Å²) in [7, 11) is 0. The first-order valence-electron chi connectivity index (χ1n) is 8.30. The molecule has 0 spiro atoms. The van der Waals surface area contributed by atoms with Gasteiger partial charge in [0.1, 0.15) is 5.82 Å². The molecule has 0 atom stereocenters. The minimum atomic E-state index is -0.258. The average molecular weight is 313 g/mol. The van der Waals surface area contributed by atoms with Crippen LogP contribution in [0.5, 0.6) is 0 Å². The van der Waals surface area contributed by atoms with Gasteiger partial charge in [0.2, 0.25) is 5.91 Å². The first-order valence-corrected chi connectivity index (χ1v) is 8.30. The molecule has 1 aromatic carbocycles. The van der Waals surface area contributed by atoms with E-state index < -0.39 is 0 Å². The molecule has 5 heteroatoms. The molecule has 2 fully saturated rings. The monoisotopic (exact) mass is 313 g/mol. The van der Waals surface area contributed by atoms with E-state index in [-0.39, 0.29) is 5.82 Å². The summed E-state index contributed by atoms with van der Waals surface area (Å²) in [5.41, 5.74) is 1.91. The SMILES string of the molecule is O=C(C1CC1)N1CCC(c2cnn(-c3cccc(F)c3)c2)CC1. The molecule has 1 aromatic heterocycles. The second-order valence-electron chi connectivity index (χ2n) is 6.57. The molecule has 1 amide bonds. The summed E-state index contributed by atoms with van der Waals surface area (Å²) in [6.45, 7) is 1.68. The Kier molecular flexibility index (Phi) is 3.63. The van der Waals surface area contributed by atoms with E-state index in [0.29, 0.717) is 17.7 Å². The highest BCUT2D eigenvalue weighted by atomic mass is 19.1. The Balaban J connectivity index is 1.42. The maximum atomic E-state index is 13.3. The van der Waals surface area contributed by atoms with Crippen molar-refractivity contribution in [2.45, 2.75) is 31.6 Å². The number of carbonyl (C=O) groups excluding carboxylic acids is 1. The highest BCUT2D eigenvalue weighted by Crippen LogP contribution is 2.34. The Morgan fingerprint density at radius 3 is 2.65 bits per heavy atom. The summed E-state index contributed by atoms with van der Waals surface area (Å²) in [4.78, 5) is 14.1. The van der Waals surface area contributed by atoms with Crippen LogP contribution in [0.2, 0.25) is 0 Å². The summed E-state index contributed by atoms with van der Waals surface area (Å²) in [6.07, 6.45) is 7.95. The van der Waals surface area contributed by atoms with E-state index in [1.54, 1.807) is 10.7 Å². The van der Waals surface area contributed by atoms with Crippen molar-refractivity contribution in [1.29, 1.82) is 0 Å². The summed E-state index contributed by atoms with van der Waals surface area (Å²) in [6, 6.07) is 6.44. The molecule has 2 heterocycles. The maximum Gasteiger partial charge on any atom is 0.225 e. The van der Waals surface area contributed by atoms with Crippen molar-refractivity contribution in [3.8, 4) is 5.69 Å². The predicted octanol–water partition coefficient (Wildman–Crippen LogP) is 3.13. The number of rotatable bonds is 3. The Hall–Kier alpha value is -2.17. The molecule has 4 nitrogen and oxygen atoms in total. The van der Waals surface area contributed by atoms with Gasteiger partial charge in [-0.2, -0.15) is 5.10 Å². The van der Waals surface area contributed by atoms with E-state index in [2.05, 4.69) is 5.10 Å². The van der Waals surface area contributed by atoms with Gasteiger partial charge in [-0.05, 0) is 55.4 Å². The molecule has 1 saturated carbocycles. The largest absolute Gasteiger partial charge is 0.342 e. The first kappa shape index (κ1) is 14.4. The molecule has 120 valence electrons. The van der Waals surface area contributed by atoms with E-state index in [1.165, 1.54) is 17.7 Å². The number of amides is 1. The molecule has 4 rings (SSSR count). The third-order valence-corrected chi connectivity index (χ3v) is 4.88. The number of halogens is 1. The molecular formula is C18H20FN3O. The first-order chi connectivity index (χ1) is 11.2. The molecule has 2 aromatic rings. The second kappa shape index (κ2) is 5.80. The van der Waals surface area contributed by atoms with Crippen LogP contribution in [0.1, 0.15) is 37.2 Å². The number of hydrogen-bond donors (Lipinski definition) is 0. The molecule has 0 unspecified atom stereocenters. The molecular weight excluding hydrogens is 293 g/mol. The van der Waals surface area contributed by atoms with Crippen molar-refractivity contribution in [2.75, 3.05) is 13.1 Å². The van der Waals surface area contributed by atoms with Gasteiger partial charge in [0.15, 0.2) is 0 Å². The molecule has 1 aliphatic carbocycles. The van der Waals surface area contributed by atoms with Crippen LogP contribution < -0.4 is 0 Å². The van der Waals surface area contributed by atoms with E-state index >= 15 is 0 Å². The number of nitrogens with zero attached hydrogens (tertiary/aromatic N) is 3. The lowest BCUT2D eigenvalue weighted by molar-refractivity contribution is -0.133. The maximum absolute atomic E-state index is 13.3. The van der Waals surface area contributed by atoms with Crippen LogP contribution in [0, 0.1) is 11.7 Å². The zero-order valence-corrected chi connectivity index (χ0v) is 13.0. The van der Waals surface area contributed by atoms with Crippen molar-refractivity contribution in [2.24, 2.45) is 5.92 Å². The lowest BCUT2D eigenvalue weighted by Gasteiger charge is -2.31. The Labute approximate surface area is 134 Å². The normalized spacial score (nSPS) is 19.1. The second-order valence-corrected chi connectivity index (χ2v) is 6.57. The minimum Gasteiger partial charge on any atom is -0.342 e. The van der Waals surface area contributed by atoms with Gasteiger partial charge in [0, 0.05) is 25.2 Å². The number of piperidine rings is 1. The summed E-state index contributed by atoms with van der Waals surface area (Å²) < 4.78 is 15.0. The molecule has 2 aliphatic rings. The van der Waals surface area contributed by atoms with Crippen LogP contribution in [-0.2, 0) is 4.79 Å². The van der Waals surface area contributed by atoms with Gasteiger partial charge in [-0.1, -0.05) is 6.07 Å². The van der Waals surface area contributed by atoms with Crippen LogP contribution in [0.15, 0.2) is 36.7 Å². The number of carbonyl (C=O) groups is 1. The van der Waals surface area contributed by atoms with E-state index in [1.807, 2.05) is 23.4 Å². The topological polar surface area (TPSA) is 38.1 Å². The number of aromatic nitrogens is 2. The van der Waals surface area contributed by atoms with Crippen molar-refractivity contribution in [3.63, 3.8) is 0 Å². The van der Waals surface area contributed by atoms with Gasteiger partial charge in [-0.25, -0.2) is 9.07 Å². The molecule has 0 bridgehead atoms. The Bertz CT molecular complexity index is 715. The smallest absolute Gasteiger partial charge is 0.225 e. The summed E-state index contributed by atoms with van der Waals surface area (Å²) in [5.74, 6) is 0.827. The highest BCUT2D eigenvalue weighted by Gasteiger charge is 2.35. The molecule has 1 saturated heterocycles. The quantitative estimate of drug-likeness (QED) is 0.873. The number of likely N-dealkylation sites (tertiary alicyclic amines) is 1. The van der Waals surface area contributed by atoms with Crippen LogP contribution >= 0.6 is 0 Å². The zero-order valence-electron chi connectivity index (χ0n) is 13.0. The van der Waals surface area contributed by atoms with Gasteiger partial charge < -0.3 is 4.90 Å². The van der Waals surface area contributed by atoms with Gasteiger partial charge in [0.25, 0.3) is 0 Å². The van der Waals surface area contributed by atoms with Crippen LogP contribution in [0.25, 0.3) is 5.69 Å². The van der Waals surface area contributed by atoms with E-state index in [9.17, 15) is 9.18 Å². The fourth-order valence-electron chi connectivity index (χ4n) is 3.33. The molecule has 1 aliphatic heterocycles. The van der Waals surface area contributed by atoms with Crippen molar-refractivity contribution in [1.82, 2.24) is 14.7 Å². The van der Waals surface area contributed by atoms with Gasteiger partial charge in [0.05, 0.1) is 11.9 Å². The third kappa shape index (κ3) is 3.00. The van der Waals surface area contributed by atoms with Crippen molar-refractivity contribution in [3.05, 3.63) is 48.0 Å².